The molecule has 4 aromatic heterocycles. The SMILES string of the molecule is Cc1c(C2C[C@H]3CC[C@@H]2CN3)sc2[nH]c(-c3cc(C)c4ncnn4c3)c(C(C)C)c12. The number of hydrogen-bond donors (Lipinski definition) is 2. The lowest BCUT2D eigenvalue weighted by Crippen LogP contribution is -2.48. The predicted octanol–water partition coefficient (Wildman–Crippen LogP) is 5.53. The molecule has 0 spiro atoms. The zero-order chi connectivity index (χ0) is 20.6. The van der Waals surface area contributed by atoms with Crippen molar-refractivity contribution in [3.8, 4) is 11.3 Å². The van der Waals surface area contributed by atoms with Crippen LogP contribution in [0.25, 0.3) is 27.1 Å². The van der Waals surface area contributed by atoms with Gasteiger partial charge in [-0.05, 0) is 80.2 Å². The van der Waals surface area contributed by atoms with Gasteiger partial charge >= 0.3 is 0 Å². The van der Waals surface area contributed by atoms with Crippen LogP contribution in [0.3, 0.4) is 0 Å². The highest BCUT2D eigenvalue weighted by molar-refractivity contribution is 7.19. The van der Waals surface area contributed by atoms with Crippen molar-refractivity contribution in [2.75, 3.05) is 6.54 Å². The lowest BCUT2D eigenvalue weighted by molar-refractivity contribution is 0.182. The van der Waals surface area contributed by atoms with Crippen molar-refractivity contribution in [2.45, 2.75) is 64.8 Å². The first kappa shape index (κ1) is 18.6. The van der Waals surface area contributed by atoms with Gasteiger partial charge in [0.2, 0.25) is 0 Å². The van der Waals surface area contributed by atoms with Gasteiger partial charge in [-0.1, -0.05) is 13.8 Å². The van der Waals surface area contributed by atoms with Crippen LogP contribution in [-0.4, -0.2) is 32.2 Å². The van der Waals surface area contributed by atoms with E-state index in [0.29, 0.717) is 5.92 Å². The molecule has 7 rings (SSSR count). The maximum atomic E-state index is 4.38. The van der Waals surface area contributed by atoms with Gasteiger partial charge in [0, 0.05) is 28.1 Å². The number of H-pyrrole nitrogens is 1. The van der Waals surface area contributed by atoms with Crippen LogP contribution >= 0.6 is 11.3 Å². The second kappa shape index (κ2) is 6.66. The Bertz CT molecular complexity index is 1250. The Kier molecular flexibility index (Phi) is 4.12. The zero-order valence-corrected chi connectivity index (χ0v) is 18.9. The van der Waals surface area contributed by atoms with E-state index in [1.165, 1.54) is 58.4 Å². The molecule has 1 aliphatic carbocycles. The Balaban J connectivity index is 1.52. The van der Waals surface area contributed by atoms with Gasteiger partial charge in [-0.2, -0.15) is 5.10 Å². The van der Waals surface area contributed by atoms with E-state index in [1.54, 1.807) is 11.2 Å². The average Bonchev–Trinajstić information content (AvgIpc) is 3.43. The normalized spacial score (nSPS) is 24.0. The molecule has 1 unspecified atom stereocenters. The van der Waals surface area contributed by atoms with Crippen LogP contribution in [-0.2, 0) is 0 Å². The summed E-state index contributed by atoms with van der Waals surface area (Å²) in [6, 6.07) is 2.96. The van der Waals surface area contributed by atoms with Gasteiger partial charge in [-0.3, -0.25) is 0 Å². The lowest BCUT2D eigenvalue weighted by atomic mass is 9.72. The number of thiophene rings is 1. The maximum absolute atomic E-state index is 4.38. The second-order valence-electron chi connectivity index (χ2n) is 9.59. The van der Waals surface area contributed by atoms with Gasteiger partial charge in [-0.25, -0.2) is 9.50 Å². The number of fused-ring (bicyclic) bond motifs is 5. The molecule has 30 heavy (non-hydrogen) atoms. The summed E-state index contributed by atoms with van der Waals surface area (Å²) in [7, 11) is 0. The van der Waals surface area contributed by atoms with E-state index in [1.807, 2.05) is 15.9 Å². The minimum Gasteiger partial charge on any atom is -0.346 e. The number of rotatable bonds is 3. The molecule has 156 valence electrons. The predicted molar refractivity (Wildman–Crippen MR) is 124 cm³/mol. The Morgan fingerprint density at radius 2 is 2.10 bits per heavy atom. The number of aromatic amines is 1. The Morgan fingerprint density at radius 3 is 2.80 bits per heavy atom. The molecule has 2 N–H and O–H groups in total. The van der Waals surface area contributed by atoms with Crippen LogP contribution in [0, 0.1) is 19.8 Å². The molecule has 0 amide bonds. The van der Waals surface area contributed by atoms with Crippen molar-refractivity contribution in [3.63, 3.8) is 0 Å². The molecule has 6 heteroatoms. The van der Waals surface area contributed by atoms with Crippen molar-refractivity contribution >= 4 is 27.2 Å². The molecule has 4 aromatic rings. The third-order valence-electron chi connectivity index (χ3n) is 7.38. The summed E-state index contributed by atoms with van der Waals surface area (Å²) in [5.41, 5.74) is 7.48. The van der Waals surface area contributed by atoms with Crippen molar-refractivity contribution in [2.24, 2.45) is 5.92 Å². The maximum Gasteiger partial charge on any atom is 0.158 e. The molecule has 3 atom stereocenters. The summed E-state index contributed by atoms with van der Waals surface area (Å²) < 4.78 is 1.90. The van der Waals surface area contributed by atoms with Crippen LogP contribution in [0.2, 0.25) is 0 Å². The molecule has 1 saturated carbocycles. The first-order chi connectivity index (χ1) is 14.5. The fraction of sp³-hybridized carbons (Fsp3) is 0.500. The second-order valence-corrected chi connectivity index (χ2v) is 10.6. The first-order valence-corrected chi connectivity index (χ1v) is 12.0. The number of pyridine rings is 1. The Morgan fingerprint density at radius 1 is 1.23 bits per heavy atom. The standard InChI is InChI=1S/C24H29N5S/c1-12(2)19-20-14(4)22(18-8-17-6-5-15(18)9-25-17)30-24(20)28-21(19)16-7-13(3)23-26-11-27-29(23)10-16/h7,10-12,15,17-18,25,28H,5-6,8-9H2,1-4H3/t15-,17-,18?/m1/s1. The molecule has 2 bridgehead atoms. The van der Waals surface area contributed by atoms with E-state index in [2.05, 4.69) is 60.3 Å². The molecular formula is C24H29N5S. The summed E-state index contributed by atoms with van der Waals surface area (Å²) >= 11 is 2.01. The van der Waals surface area contributed by atoms with Crippen LogP contribution in [0.4, 0.5) is 0 Å². The quantitative estimate of drug-likeness (QED) is 0.459. The number of nitrogens with one attached hydrogen (secondary N) is 2. The van der Waals surface area contributed by atoms with Gasteiger partial charge in [0.25, 0.3) is 0 Å². The topological polar surface area (TPSA) is 58.0 Å². The highest BCUT2D eigenvalue weighted by atomic mass is 32.1. The van der Waals surface area contributed by atoms with E-state index in [0.717, 1.165) is 29.1 Å². The van der Waals surface area contributed by atoms with E-state index in [-0.39, 0.29) is 0 Å². The summed E-state index contributed by atoms with van der Waals surface area (Å²) in [5.74, 6) is 1.98. The number of nitrogens with zero attached hydrogens (tertiary/aromatic N) is 3. The summed E-state index contributed by atoms with van der Waals surface area (Å²) in [5, 5.41) is 9.58. The highest BCUT2D eigenvalue weighted by Gasteiger charge is 2.38. The molecule has 2 saturated heterocycles. The van der Waals surface area contributed by atoms with E-state index < -0.39 is 0 Å². The summed E-state index contributed by atoms with van der Waals surface area (Å²) in [6.45, 7) is 10.3. The van der Waals surface area contributed by atoms with Crippen molar-refractivity contribution < 1.29 is 0 Å². The fourth-order valence-electron chi connectivity index (χ4n) is 5.94. The van der Waals surface area contributed by atoms with Crippen molar-refractivity contribution in [1.29, 1.82) is 0 Å². The monoisotopic (exact) mass is 419 g/mol. The van der Waals surface area contributed by atoms with Gasteiger partial charge < -0.3 is 10.3 Å². The van der Waals surface area contributed by atoms with Gasteiger partial charge in [0.05, 0.1) is 5.69 Å². The van der Waals surface area contributed by atoms with Gasteiger partial charge in [0.1, 0.15) is 11.2 Å². The van der Waals surface area contributed by atoms with Crippen molar-refractivity contribution in [3.05, 3.63) is 40.2 Å². The molecule has 3 aliphatic rings. The van der Waals surface area contributed by atoms with Crippen LogP contribution in [0.1, 0.15) is 66.5 Å². The lowest BCUT2D eigenvalue weighted by Gasteiger charge is -2.43. The Hall–Kier alpha value is -2.18. The number of piperidine rings is 2. The van der Waals surface area contributed by atoms with E-state index in [9.17, 15) is 0 Å². The smallest absolute Gasteiger partial charge is 0.158 e. The minimum atomic E-state index is 0.450. The molecular weight excluding hydrogens is 390 g/mol. The highest BCUT2D eigenvalue weighted by Crippen LogP contribution is 2.49. The zero-order valence-electron chi connectivity index (χ0n) is 18.1. The molecule has 2 aliphatic heterocycles. The summed E-state index contributed by atoms with van der Waals surface area (Å²) in [4.78, 5) is 11.2. The Labute approximate surface area is 180 Å². The minimum absolute atomic E-state index is 0.450. The van der Waals surface area contributed by atoms with Crippen molar-refractivity contribution in [1.82, 2.24) is 24.9 Å². The first-order valence-electron chi connectivity index (χ1n) is 11.2. The largest absolute Gasteiger partial charge is 0.346 e. The number of aromatic nitrogens is 4. The third kappa shape index (κ3) is 2.63. The molecule has 6 heterocycles. The van der Waals surface area contributed by atoms with Gasteiger partial charge in [-0.15, -0.1) is 11.3 Å². The molecule has 0 radical (unpaired) electrons. The van der Waals surface area contributed by atoms with Crippen LogP contribution in [0.15, 0.2) is 18.6 Å². The summed E-state index contributed by atoms with van der Waals surface area (Å²) in [6.07, 6.45) is 7.78. The molecule has 0 aromatic carbocycles. The number of hydrogen-bond acceptors (Lipinski definition) is 4. The van der Waals surface area contributed by atoms with Crippen LogP contribution < -0.4 is 5.32 Å². The fourth-order valence-corrected chi connectivity index (χ4v) is 7.37. The third-order valence-corrected chi connectivity index (χ3v) is 8.72. The van der Waals surface area contributed by atoms with E-state index >= 15 is 0 Å². The molecule has 3 fully saturated rings. The average molecular weight is 420 g/mol. The van der Waals surface area contributed by atoms with Crippen LogP contribution in [0.5, 0.6) is 0 Å². The van der Waals surface area contributed by atoms with Gasteiger partial charge in [0.15, 0.2) is 5.65 Å². The van der Waals surface area contributed by atoms with E-state index in [4.69, 9.17) is 0 Å². The molecule has 5 nitrogen and oxygen atoms in total. The number of aryl methyl sites for hydroxylation is 2.